The van der Waals surface area contributed by atoms with E-state index in [9.17, 15) is 14.1 Å². The molecule has 206 valence electrons. The van der Waals surface area contributed by atoms with Gasteiger partial charge in [0.2, 0.25) is 5.71 Å². The molecule has 0 unspecified atom stereocenters. The first-order chi connectivity index (χ1) is 19.5. The second kappa shape index (κ2) is 10.1. The molecule has 0 saturated carbocycles. The number of ether oxygens (including phenoxy) is 1. The lowest BCUT2D eigenvalue weighted by atomic mass is 10.1. The van der Waals surface area contributed by atoms with Gasteiger partial charge in [0.25, 0.3) is 0 Å². The second-order valence-electron chi connectivity index (χ2n) is 9.89. The van der Waals surface area contributed by atoms with Crippen molar-refractivity contribution in [3.63, 3.8) is 0 Å². The second-order valence-corrected chi connectivity index (χ2v) is 12.0. The van der Waals surface area contributed by atoms with Crippen molar-refractivity contribution in [2.75, 3.05) is 55.8 Å². The average molecular weight is 581 g/mol. The van der Waals surface area contributed by atoms with Crippen molar-refractivity contribution in [3.8, 4) is 11.4 Å². The van der Waals surface area contributed by atoms with Crippen LogP contribution < -0.4 is 4.90 Å². The van der Waals surface area contributed by atoms with Gasteiger partial charge in [-0.05, 0) is 29.8 Å². The van der Waals surface area contributed by atoms with Gasteiger partial charge in [-0.1, -0.05) is 11.6 Å². The average Bonchev–Trinajstić information content (AvgIpc) is 3.56. The van der Waals surface area contributed by atoms with Crippen LogP contribution in [0, 0.1) is 0 Å². The molecule has 0 atom stereocenters. The molecule has 2 aliphatic rings. The molecule has 0 bridgehead atoms. The van der Waals surface area contributed by atoms with Crippen LogP contribution in [-0.4, -0.2) is 90.7 Å². The number of anilines is 1. The summed E-state index contributed by atoms with van der Waals surface area (Å²) in [6.45, 7) is 4.63. The van der Waals surface area contributed by atoms with E-state index in [0.717, 1.165) is 28.6 Å². The minimum absolute atomic E-state index is 0.374. The molecule has 1 N–H and O–H groups in total. The lowest BCUT2D eigenvalue weighted by Crippen LogP contribution is -2.37. The van der Waals surface area contributed by atoms with E-state index in [-0.39, 0.29) is 0 Å². The van der Waals surface area contributed by atoms with Crippen molar-refractivity contribution in [1.82, 2.24) is 24.4 Å². The molecule has 7 rings (SSSR count). The van der Waals surface area contributed by atoms with E-state index in [1.165, 1.54) is 6.20 Å². The highest BCUT2D eigenvalue weighted by Crippen LogP contribution is 2.39. The van der Waals surface area contributed by atoms with E-state index in [0.29, 0.717) is 94.3 Å². The number of morpholine rings is 1. The van der Waals surface area contributed by atoms with Gasteiger partial charge in [0.15, 0.2) is 17.2 Å². The maximum absolute atomic E-state index is 11.8. The Morgan fingerprint density at radius 2 is 1.88 bits per heavy atom. The van der Waals surface area contributed by atoms with Gasteiger partial charge in [0.1, 0.15) is 5.52 Å². The number of hydrogen-bond acceptors (Lipinski definition) is 9. The Bertz CT molecular complexity index is 1800. The summed E-state index contributed by atoms with van der Waals surface area (Å²) >= 11 is 6.72. The fraction of sp³-hybridized carbons (Fsp3) is 0.333. The molecule has 11 nitrogen and oxygen atoms in total. The molecule has 6 heterocycles. The highest BCUT2D eigenvalue weighted by molar-refractivity contribution is 7.85. The van der Waals surface area contributed by atoms with Crippen molar-refractivity contribution in [1.29, 1.82) is 0 Å². The highest BCUT2D eigenvalue weighted by atomic mass is 35.5. The molecule has 2 fully saturated rings. The lowest BCUT2D eigenvalue weighted by Gasteiger charge is -2.27. The van der Waals surface area contributed by atoms with Crippen LogP contribution in [0.25, 0.3) is 44.5 Å². The Kier molecular flexibility index (Phi) is 6.42. The SMILES string of the molecule is O=C(O)n1ccc2c(-c3nc(N4CCOCC4)c4oc5ncc(CN6CCS(=O)CC6)cc5c4n3)c(Cl)ccc21. The fourth-order valence-electron chi connectivity index (χ4n) is 5.42. The van der Waals surface area contributed by atoms with Gasteiger partial charge >= 0.3 is 6.09 Å². The zero-order valence-electron chi connectivity index (χ0n) is 21.4. The first kappa shape index (κ1) is 25.4. The van der Waals surface area contributed by atoms with Crippen LogP contribution in [-0.2, 0) is 22.1 Å². The van der Waals surface area contributed by atoms with Crippen LogP contribution in [0.3, 0.4) is 0 Å². The Labute approximate surface area is 235 Å². The van der Waals surface area contributed by atoms with Crippen LogP contribution in [0.2, 0.25) is 5.02 Å². The molecule has 2 saturated heterocycles. The van der Waals surface area contributed by atoms with Crippen molar-refractivity contribution < 1.29 is 23.3 Å². The van der Waals surface area contributed by atoms with E-state index >= 15 is 0 Å². The first-order valence-corrected chi connectivity index (χ1v) is 14.9. The highest BCUT2D eigenvalue weighted by Gasteiger charge is 2.26. The monoisotopic (exact) mass is 580 g/mol. The van der Waals surface area contributed by atoms with E-state index in [2.05, 4.69) is 14.8 Å². The van der Waals surface area contributed by atoms with E-state index < -0.39 is 16.9 Å². The standard InChI is InChI=1S/C27H25ClN6O5S/c28-19-1-2-20-17(3-4-34(20)27(35)36)21(19)24-30-22-18-13-16(15-32-7-11-40(37)12-8-32)14-29-26(18)39-23(22)25(31-24)33-5-9-38-10-6-33/h1-4,13-14H,5-12,15H2,(H,35,36). The Balaban J connectivity index is 1.41. The third-order valence-corrected chi connectivity index (χ3v) is 9.04. The largest absolute Gasteiger partial charge is 0.464 e. The number of furan rings is 1. The van der Waals surface area contributed by atoms with Gasteiger partial charge in [-0.25, -0.2) is 19.7 Å². The molecule has 40 heavy (non-hydrogen) atoms. The number of rotatable bonds is 4. The number of carbonyl (C=O) groups is 1. The topological polar surface area (TPSA) is 127 Å². The van der Waals surface area contributed by atoms with Gasteiger partial charge < -0.3 is 19.2 Å². The molecule has 0 radical (unpaired) electrons. The first-order valence-electron chi connectivity index (χ1n) is 13.0. The molecule has 0 aliphatic carbocycles. The number of hydrogen-bond donors (Lipinski definition) is 1. The van der Waals surface area contributed by atoms with Gasteiger partial charge in [-0.15, -0.1) is 0 Å². The van der Waals surface area contributed by atoms with Crippen molar-refractivity contribution >= 4 is 67.4 Å². The predicted octanol–water partition coefficient (Wildman–Crippen LogP) is 3.97. The maximum Gasteiger partial charge on any atom is 0.415 e. The van der Waals surface area contributed by atoms with Gasteiger partial charge in [-0.2, -0.15) is 0 Å². The van der Waals surface area contributed by atoms with Crippen molar-refractivity contribution in [2.24, 2.45) is 0 Å². The normalized spacial score (nSPS) is 17.4. The molecule has 1 aromatic carbocycles. The number of benzene rings is 1. The molecular weight excluding hydrogens is 556 g/mol. The molecule has 2 aliphatic heterocycles. The minimum Gasteiger partial charge on any atom is -0.464 e. The van der Waals surface area contributed by atoms with Gasteiger partial charge in [-0.3, -0.25) is 13.7 Å². The summed E-state index contributed by atoms with van der Waals surface area (Å²) in [7, 11) is -0.741. The number of halogens is 1. The summed E-state index contributed by atoms with van der Waals surface area (Å²) < 4.78 is 24.8. The summed E-state index contributed by atoms with van der Waals surface area (Å²) in [4.78, 5) is 30.7. The number of pyridine rings is 1. The summed E-state index contributed by atoms with van der Waals surface area (Å²) in [5.41, 5.74) is 3.66. The quantitative estimate of drug-likeness (QED) is 0.333. The summed E-state index contributed by atoms with van der Waals surface area (Å²) in [5, 5.41) is 11.5. The van der Waals surface area contributed by atoms with Gasteiger partial charge in [0, 0.05) is 78.4 Å². The van der Waals surface area contributed by atoms with Crippen LogP contribution in [0.4, 0.5) is 10.6 Å². The predicted molar refractivity (Wildman–Crippen MR) is 153 cm³/mol. The number of carboxylic acid groups (broad SMARTS) is 1. The Morgan fingerprint density at radius 1 is 1.07 bits per heavy atom. The lowest BCUT2D eigenvalue weighted by molar-refractivity contribution is 0.122. The van der Waals surface area contributed by atoms with E-state index in [4.69, 9.17) is 30.7 Å². The third kappa shape index (κ3) is 4.40. The van der Waals surface area contributed by atoms with Crippen LogP contribution in [0.1, 0.15) is 5.56 Å². The van der Waals surface area contributed by atoms with Crippen LogP contribution in [0.15, 0.2) is 41.1 Å². The van der Waals surface area contributed by atoms with Crippen LogP contribution >= 0.6 is 11.6 Å². The molecule has 13 heteroatoms. The third-order valence-electron chi connectivity index (χ3n) is 7.45. The zero-order valence-corrected chi connectivity index (χ0v) is 23.0. The summed E-state index contributed by atoms with van der Waals surface area (Å²) in [6.07, 6.45) is 2.21. The molecule has 0 spiro atoms. The Morgan fingerprint density at radius 3 is 2.65 bits per heavy atom. The smallest absolute Gasteiger partial charge is 0.415 e. The number of fused-ring (bicyclic) bond motifs is 4. The molecule has 4 aromatic heterocycles. The van der Waals surface area contributed by atoms with Crippen molar-refractivity contribution in [3.05, 3.63) is 47.2 Å². The number of nitrogens with zero attached hydrogens (tertiary/aromatic N) is 6. The van der Waals surface area contributed by atoms with Crippen molar-refractivity contribution in [2.45, 2.75) is 6.54 Å². The fourth-order valence-corrected chi connectivity index (χ4v) is 6.80. The molecule has 0 amide bonds. The maximum atomic E-state index is 11.8. The Hall–Kier alpha value is -3.58. The van der Waals surface area contributed by atoms with Crippen LogP contribution in [0.5, 0.6) is 0 Å². The summed E-state index contributed by atoms with van der Waals surface area (Å²) in [5.74, 6) is 2.35. The minimum atomic E-state index is -1.09. The summed E-state index contributed by atoms with van der Waals surface area (Å²) in [6, 6.07) is 7.10. The van der Waals surface area contributed by atoms with Gasteiger partial charge in [0.05, 0.1) is 29.1 Å². The zero-order chi connectivity index (χ0) is 27.4. The molecular formula is C27H25ClN6O5S. The van der Waals surface area contributed by atoms with E-state index in [1.54, 1.807) is 18.2 Å². The number of aromatic nitrogens is 4. The molecule has 5 aromatic rings. The van der Waals surface area contributed by atoms with E-state index in [1.807, 2.05) is 12.3 Å².